The molecule has 2 rings (SSSR count). The topological polar surface area (TPSA) is 63.4 Å². The average molecular weight is 329 g/mol. The van der Waals surface area contributed by atoms with Crippen molar-refractivity contribution >= 4 is 35.0 Å². The Morgan fingerprint density at radius 2 is 2.14 bits per heavy atom. The van der Waals surface area contributed by atoms with E-state index in [-0.39, 0.29) is 23.7 Å². The monoisotopic (exact) mass is 328 g/mol. The van der Waals surface area contributed by atoms with Gasteiger partial charge < -0.3 is 10.6 Å². The molecule has 1 aromatic carbocycles. The molecule has 1 aliphatic rings. The van der Waals surface area contributed by atoms with Gasteiger partial charge in [-0.3, -0.25) is 9.59 Å². The van der Waals surface area contributed by atoms with Gasteiger partial charge in [-0.05, 0) is 30.5 Å². The molecule has 2 N–H and O–H groups in total. The lowest BCUT2D eigenvalue weighted by atomic mass is 10.00. The molecule has 0 radical (unpaired) electrons. The number of carbonyl (C=O) groups is 2. The van der Waals surface area contributed by atoms with Crippen molar-refractivity contribution in [3.63, 3.8) is 0 Å². The second-order valence-electron chi connectivity index (χ2n) is 5.51. The van der Waals surface area contributed by atoms with E-state index in [0.717, 1.165) is 5.56 Å². The van der Waals surface area contributed by atoms with Crippen LogP contribution in [-0.4, -0.2) is 29.8 Å². The molecule has 1 heterocycles. The first-order valence-corrected chi connectivity index (χ1v) is 7.66. The molecule has 0 saturated carbocycles. The third kappa shape index (κ3) is 3.89. The van der Waals surface area contributed by atoms with Crippen LogP contribution in [0.1, 0.15) is 18.9 Å². The Labute approximate surface area is 134 Å². The van der Waals surface area contributed by atoms with Crippen molar-refractivity contribution in [2.45, 2.75) is 19.8 Å². The highest BCUT2D eigenvalue weighted by Crippen LogP contribution is 2.25. The molecule has 0 unspecified atom stereocenters. The van der Waals surface area contributed by atoms with Crippen molar-refractivity contribution in [1.82, 2.24) is 4.90 Å². The molecule has 21 heavy (non-hydrogen) atoms. The molecule has 2 amide bonds. The van der Waals surface area contributed by atoms with Crippen LogP contribution in [0.4, 0.5) is 0 Å². The average Bonchev–Trinajstić information content (AvgIpc) is 2.90. The number of rotatable bonds is 4. The first-order chi connectivity index (χ1) is 9.88. The Kier molecular flexibility index (Phi) is 5.12. The van der Waals surface area contributed by atoms with Crippen molar-refractivity contribution in [1.29, 1.82) is 0 Å². The Hall–Kier alpha value is -1.26. The standard InChI is InChI=1S/C15H18Cl2N2O2/c1-9(6-10-2-3-12(16)7-13(10)17)15(21)19-5-4-11(8-19)14(18)20/h2-3,7,9,11H,4-6,8H2,1H3,(H2,18,20)/t9-,11+/m0/s1. The molecule has 1 saturated heterocycles. The summed E-state index contributed by atoms with van der Waals surface area (Å²) in [7, 11) is 0. The van der Waals surface area contributed by atoms with E-state index in [9.17, 15) is 9.59 Å². The largest absolute Gasteiger partial charge is 0.369 e. The molecule has 6 heteroatoms. The Morgan fingerprint density at radius 3 is 2.71 bits per heavy atom. The van der Waals surface area contributed by atoms with Crippen LogP contribution in [0, 0.1) is 11.8 Å². The zero-order chi connectivity index (χ0) is 15.6. The first kappa shape index (κ1) is 16.1. The van der Waals surface area contributed by atoms with E-state index >= 15 is 0 Å². The minimum Gasteiger partial charge on any atom is -0.369 e. The van der Waals surface area contributed by atoms with Crippen molar-refractivity contribution in [2.75, 3.05) is 13.1 Å². The molecular weight excluding hydrogens is 311 g/mol. The Balaban J connectivity index is 1.98. The predicted molar refractivity (Wildman–Crippen MR) is 83.2 cm³/mol. The molecule has 1 fully saturated rings. The van der Waals surface area contributed by atoms with Gasteiger partial charge in [-0.25, -0.2) is 0 Å². The summed E-state index contributed by atoms with van der Waals surface area (Å²) in [5.41, 5.74) is 6.18. The summed E-state index contributed by atoms with van der Waals surface area (Å²) in [6.07, 6.45) is 1.20. The number of halogens is 2. The number of hydrogen-bond donors (Lipinski definition) is 1. The van der Waals surface area contributed by atoms with Crippen molar-refractivity contribution < 1.29 is 9.59 Å². The van der Waals surface area contributed by atoms with Crippen molar-refractivity contribution in [2.24, 2.45) is 17.6 Å². The second-order valence-corrected chi connectivity index (χ2v) is 6.36. The van der Waals surface area contributed by atoms with Crippen LogP contribution in [0.2, 0.25) is 10.0 Å². The van der Waals surface area contributed by atoms with Crippen LogP contribution in [0.15, 0.2) is 18.2 Å². The van der Waals surface area contributed by atoms with Gasteiger partial charge in [0.05, 0.1) is 5.92 Å². The van der Waals surface area contributed by atoms with Gasteiger partial charge in [0, 0.05) is 29.1 Å². The van der Waals surface area contributed by atoms with E-state index in [1.165, 1.54) is 0 Å². The van der Waals surface area contributed by atoms with Crippen LogP contribution in [0.25, 0.3) is 0 Å². The number of nitrogens with two attached hydrogens (primary N) is 1. The molecular formula is C15H18Cl2N2O2. The summed E-state index contributed by atoms with van der Waals surface area (Å²) in [6.45, 7) is 2.88. The minimum absolute atomic E-state index is 0.0322. The lowest BCUT2D eigenvalue weighted by Gasteiger charge is -2.21. The predicted octanol–water partition coefficient (Wildman–Crippen LogP) is 2.51. The quantitative estimate of drug-likeness (QED) is 0.922. The lowest BCUT2D eigenvalue weighted by Crippen LogP contribution is -2.35. The summed E-state index contributed by atoms with van der Waals surface area (Å²) in [5, 5.41) is 1.14. The van der Waals surface area contributed by atoms with Gasteiger partial charge in [0.1, 0.15) is 0 Å². The second kappa shape index (κ2) is 6.67. The van der Waals surface area contributed by atoms with E-state index < -0.39 is 0 Å². The smallest absolute Gasteiger partial charge is 0.225 e. The van der Waals surface area contributed by atoms with E-state index in [1.807, 2.05) is 13.0 Å². The number of hydrogen-bond acceptors (Lipinski definition) is 2. The van der Waals surface area contributed by atoms with Crippen LogP contribution in [0.3, 0.4) is 0 Å². The van der Waals surface area contributed by atoms with Gasteiger partial charge in [-0.1, -0.05) is 36.2 Å². The zero-order valence-corrected chi connectivity index (χ0v) is 13.3. The van der Waals surface area contributed by atoms with Gasteiger partial charge in [0.25, 0.3) is 0 Å². The normalized spacial score (nSPS) is 19.6. The van der Waals surface area contributed by atoms with Gasteiger partial charge in [0.2, 0.25) is 11.8 Å². The van der Waals surface area contributed by atoms with Crippen LogP contribution >= 0.6 is 23.2 Å². The highest BCUT2D eigenvalue weighted by atomic mass is 35.5. The maximum atomic E-state index is 12.4. The molecule has 2 atom stereocenters. The summed E-state index contributed by atoms with van der Waals surface area (Å²) in [6, 6.07) is 5.28. The number of benzene rings is 1. The number of carbonyl (C=O) groups excluding carboxylic acids is 2. The van der Waals surface area contributed by atoms with Gasteiger partial charge in [0.15, 0.2) is 0 Å². The lowest BCUT2D eigenvalue weighted by molar-refractivity contribution is -0.134. The molecule has 0 bridgehead atoms. The first-order valence-electron chi connectivity index (χ1n) is 6.90. The molecule has 1 aliphatic heterocycles. The van der Waals surface area contributed by atoms with Crippen LogP contribution in [0.5, 0.6) is 0 Å². The Bertz CT molecular complexity index is 563. The number of amides is 2. The molecule has 4 nitrogen and oxygen atoms in total. The van der Waals surface area contributed by atoms with Crippen LogP contribution in [-0.2, 0) is 16.0 Å². The van der Waals surface area contributed by atoms with Gasteiger partial charge in [-0.2, -0.15) is 0 Å². The van der Waals surface area contributed by atoms with Crippen molar-refractivity contribution in [3.05, 3.63) is 33.8 Å². The number of nitrogens with zero attached hydrogens (tertiary/aromatic N) is 1. The summed E-state index contributed by atoms with van der Waals surface area (Å²) < 4.78 is 0. The summed E-state index contributed by atoms with van der Waals surface area (Å²) in [4.78, 5) is 25.3. The van der Waals surface area contributed by atoms with E-state index in [2.05, 4.69) is 0 Å². The third-order valence-electron chi connectivity index (χ3n) is 3.87. The fraction of sp³-hybridized carbons (Fsp3) is 0.467. The fourth-order valence-corrected chi connectivity index (χ4v) is 3.09. The summed E-state index contributed by atoms with van der Waals surface area (Å²) in [5.74, 6) is -0.723. The SMILES string of the molecule is C[C@@H](Cc1ccc(Cl)cc1Cl)C(=O)N1CC[C@@H](C(N)=O)C1. The van der Waals surface area contributed by atoms with E-state index in [0.29, 0.717) is 36.0 Å². The fourth-order valence-electron chi connectivity index (χ4n) is 2.61. The maximum absolute atomic E-state index is 12.4. The maximum Gasteiger partial charge on any atom is 0.225 e. The molecule has 0 aliphatic carbocycles. The Morgan fingerprint density at radius 1 is 1.43 bits per heavy atom. The summed E-state index contributed by atoms with van der Waals surface area (Å²) >= 11 is 12.0. The minimum atomic E-state index is -0.335. The highest BCUT2D eigenvalue weighted by Gasteiger charge is 2.31. The van der Waals surface area contributed by atoms with Gasteiger partial charge in [-0.15, -0.1) is 0 Å². The highest BCUT2D eigenvalue weighted by molar-refractivity contribution is 6.35. The van der Waals surface area contributed by atoms with E-state index in [1.54, 1.807) is 17.0 Å². The molecule has 0 spiro atoms. The molecule has 0 aromatic heterocycles. The number of primary amides is 1. The molecule has 1 aromatic rings. The number of likely N-dealkylation sites (tertiary alicyclic amines) is 1. The van der Waals surface area contributed by atoms with Crippen LogP contribution < -0.4 is 5.73 Å². The van der Waals surface area contributed by atoms with E-state index in [4.69, 9.17) is 28.9 Å². The zero-order valence-electron chi connectivity index (χ0n) is 11.8. The van der Waals surface area contributed by atoms with Gasteiger partial charge >= 0.3 is 0 Å². The third-order valence-corrected chi connectivity index (χ3v) is 4.45. The molecule has 114 valence electrons. The van der Waals surface area contributed by atoms with Crippen molar-refractivity contribution in [3.8, 4) is 0 Å².